The van der Waals surface area contributed by atoms with E-state index in [-0.39, 0.29) is 12.4 Å². The highest BCUT2D eigenvalue weighted by Crippen LogP contribution is 2.35. The minimum Gasteiger partial charge on any atom is -0.486 e. The number of carbonyl (C=O) groups is 2. The number of esters is 1. The molecule has 2 heterocycles. The van der Waals surface area contributed by atoms with E-state index in [2.05, 4.69) is 4.99 Å². The van der Waals surface area contributed by atoms with Gasteiger partial charge in [0.25, 0.3) is 5.91 Å². The third kappa shape index (κ3) is 5.26. The van der Waals surface area contributed by atoms with E-state index in [4.69, 9.17) is 18.9 Å². The fourth-order valence-corrected chi connectivity index (χ4v) is 4.85. The van der Waals surface area contributed by atoms with E-state index >= 15 is 0 Å². The fraction of sp³-hybridized carbons (Fsp3) is 0.222. The van der Waals surface area contributed by atoms with Crippen molar-refractivity contribution in [3.8, 4) is 23.0 Å². The summed E-state index contributed by atoms with van der Waals surface area (Å²) in [6.45, 7) is 3.34. The van der Waals surface area contributed by atoms with Crippen LogP contribution < -0.4 is 19.0 Å². The fourth-order valence-electron chi connectivity index (χ4n) is 3.79. The van der Waals surface area contributed by atoms with Gasteiger partial charge >= 0.3 is 5.97 Å². The number of aromatic nitrogens is 1. The lowest BCUT2D eigenvalue weighted by Crippen LogP contribution is -2.20. The van der Waals surface area contributed by atoms with E-state index in [1.165, 1.54) is 11.3 Å². The summed E-state index contributed by atoms with van der Waals surface area (Å²) in [5, 5.41) is 0. The molecule has 1 aliphatic heterocycles. The Morgan fingerprint density at radius 3 is 2.39 bits per heavy atom. The molecule has 4 aromatic rings. The molecule has 0 fully saturated rings. The number of ether oxygens (including phenoxy) is 4. The van der Waals surface area contributed by atoms with Crippen LogP contribution in [-0.2, 0) is 16.1 Å². The smallest absolute Gasteiger partial charge is 0.307 e. The molecule has 0 saturated carbocycles. The summed E-state index contributed by atoms with van der Waals surface area (Å²) in [7, 11) is 0. The van der Waals surface area contributed by atoms with E-state index in [0.717, 1.165) is 10.2 Å². The highest BCUT2D eigenvalue weighted by Gasteiger charge is 2.18. The molecule has 1 aliphatic rings. The maximum atomic E-state index is 13.1. The molecule has 0 N–H and O–H groups in total. The molecule has 8 nitrogen and oxygen atoms in total. The van der Waals surface area contributed by atoms with Crippen LogP contribution in [0, 0.1) is 0 Å². The molecule has 9 heteroatoms. The summed E-state index contributed by atoms with van der Waals surface area (Å²) in [6, 6.07) is 20.0. The van der Waals surface area contributed by atoms with Crippen molar-refractivity contribution < 1.29 is 28.5 Å². The molecular weight excluding hydrogens is 480 g/mol. The van der Waals surface area contributed by atoms with Gasteiger partial charge in [0.1, 0.15) is 24.7 Å². The van der Waals surface area contributed by atoms with E-state index < -0.39 is 5.91 Å². The Labute approximate surface area is 211 Å². The van der Waals surface area contributed by atoms with E-state index in [9.17, 15) is 9.59 Å². The van der Waals surface area contributed by atoms with Crippen LogP contribution in [-0.4, -0.2) is 36.3 Å². The molecule has 36 heavy (non-hydrogen) atoms. The summed E-state index contributed by atoms with van der Waals surface area (Å²) in [4.78, 5) is 30.0. The van der Waals surface area contributed by atoms with Crippen molar-refractivity contribution in [2.24, 2.45) is 4.99 Å². The molecule has 0 saturated heterocycles. The van der Waals surface area contributed by atoms with Gasteiger partial charge in [0.15, 0.2) is 16.3 Å². The number of hydrogen-bond donors (Lipinski definition) is 0. The van der Waals surface area contributed by atoms with Crippen LogP contribution in [0.4, 0.5) is 0 Å². The lowest BCUT2D eigenvalue weighted by Gasteiger charge is -2.18. The van der Waals surface area contributed by atoms with E-state index in [0.29, 0.717) is 59.7 Å². The van der Waals surface area contributed by atoms with Gasteiger partial charge in [-0.05, 0) is 43.3 Å². The standard InChI is InChI=1S/C27H24N2O6S/c1-2-32-25(30)12-13-29-21-16-22-23(34-15-14-33-22)17-24(21)36-27(29)28-26(31)18-8-10-20(11-9-18)35-19-6-4-3-5-7-19/h3-11,16-17H,2,12-15H2,1H3. The average Bonchev–Trinajstić information content (AvgIpc) is 3.22. The topological polar surface area (TPSA) is 88.4 Å². The summed E-state index contributed by atoms with van der Waals surface area (Å²) in [6.07, 6.45) is 0.154. The molecule has 0 aliphatic carbocycles. The lowest BCUT2D eigenvalue weighted by atomic mass is 10.2. The third-order valence-corrected chi connectivity index (χ3v) is 6.51. The van der Waals surface area contributed by atoms with Crippen molar-refractivity contribution in [1.29, 1.82) is 0 Å². The van der Waals surface area contributed by atoms with Crippen molar-refractivity contribution in [3.05, 3.63) is 77.1 Å². The number of benzene rings is 3. The number of fused-ring (bicyclic) bond motifs is 2. The molecule has 0 atom stereocenters. The van der Waals surface area contributed by atoms with Crippen molar-refractivity contribution in [3.63, 3.8) is 0 Å². The summed E-state index contributed by atoms with van der Waals surface area (Å²) >= 11 is 1.35. The molecule has 1 amide bonds. The Hall–Kier alpha value is -4.11. The highest BCUT2D eigenvalue weighted by molar-refractivity contribution is 7.16. The van der Waals surface area contributed by atoms with Gasteiger partial charge in [0.05, 0.1) is 23.2 Å². The van der Waals surface area contributed by atoms with Gasteiger partial charge in [0, 0.05) is 24.2 Å². The number of hydrogen-bond acceptors (Lipinski definition) is 7. The second-order valence-corrected chi connectivity index (χ2v) is 8.92. The van der Waals surface area contributed by atoms with Crippen LogP contribution in [0.1, 0.15) is 23.7 Å². The number of nitrogens with zero attached hydrogens (tertiary/aromatic N) is 2. The van der Waals surface area contributed by atoms with Gasteiger partial charge < -0.3 is 23.5 Å². The number of para-hydroxylation sites is 1. The van der Waals surface area contributed by atoms with Crippen LogP contribution in [0.3, 0.4) is 0 Å². The predicted molar refractivity (Wildman–Crippen MR) is 135 cm³/mol. The Morgan fingerprint density at radius 2 is 1.67 bits per heavy atom. The van der Waals surface area contributed by atoms with Crippen LogP contribution in [0.15, 0.2) is 71.7 Å². The normalized spacial score (nSPS) is 13.0. The molecule has 0 spiro atoms. The Kier molecular flexibility index (Phi) is 6.99. The quantitative estimate of drug-likeness (QED) is 0.331. The van der Waals surface area contributed by atoms with E-state index in [1.54, 1.807) is 31.2 Å². The van der Waals surface area contributed by atoms with Crippen molar-refractivity contribution in [2.45, 2.75) is 19.9 Å². The number of carbonyl (C=O) groups excluding carboxylic acids is 2. The number of aryl methyl sites for hydroxylation is 1. The zero-order valence-corrected chi connectivity index (χ0v) is 20.5. The van der Waals surface area contributed by atoms with Crippen LogP contribution >= 0.6 is 11.3 Å². The molecule has 0 radical (unpaired) electrons. The predicted octanol–water partition coefficient (Wildman–Crippen LogP) is 4.96. The van der Waals surface area contributed by atoms with Gasteiger partial charge in [-0.25, -0.2) is 0 Å². The first kappa shape index (κ1) is 23.6. The minimum absolute atomic E-state index is 0.154. The number of rotatable bonds is 7. The van der Waals surface area contributed by atoms with Gasteiger partial charge in [-0.2, -0.15) is 4.99 Å². The van der Waals surface area contributed by atoms with Gasteiger partial charge in [-0.15, -0.1) is 0 Å². The summed E-state index contributed by atoms with van der Waals surface area (Å²) in [5.74, 6) is 1.91. The molecule has 0 unspecified atom stereocenters. The molecule has 5 rings (SSSR count). The molecule has 184 valence electrons. The van der Waals surface area contributed by atoms with Crippen molar-refractivity contribution in [2.75, 3.05) is 19.8 Å². The van der Waals surface area contributed by atoms with Gasteiger partial charge in [0.2, 0.25) is 0 Å². The molecule has 3 aromatic carbocycles. The van der Waals surface area contributed by atoms with Crippen molar-refractivity contribution >= 4 is 33.4 Å². The zero-order valence-electron chi connectivity index (χ0n) is 19.6. The maximum absolute atomic E-state index is 13.1. The van der Waals surface area contributed by atoms with Gasteiger partial charge in [-0.3, -0.25) is 9.59 Å². The van der Waals surface area contributed by atoms with Crippen LogP contribution in [0.2, 0.25) is 0 Å². The Balaban J connectivity index is 1.46. The first-order valence-electron chi connectivity index (χ1n) is 11.6. The van der Waals surface area contributed by atoms with Crippen LogP contribution in [0.25, 0.3) is 10.2 Å². The third-order valence-electron chi connectivity index (χ3n) is 5.47. The average molecular weight is 505 g/mol. The number of thiazole rings is 1. The van der Waals surface area contributed by atoms with Crippen LogP contribution in [0.5, 0.6) is 23.0 Å². The van der Waals surface area contributed by atoms with E-state index in [1.807, 2.05) is 47.0 Å². The molecule has 0 bridgehead atoms. The van der Waals surface area contributed by atoms with Gasteiger partial charge in [-0.1, -0.05) is 29.5 Å². The lowest BCUT2D eigenvalue weighted by molar-refractivity contribution is -0.143. The molecule has 1 aromatic heterocycles. The summed E-state index contributed by atoms with van der Waals surface area (Å²) < 4.78 is 25.0. The monoisotopic (exact) mass is 504 g/mol. The Bertz CT molecular complexity index is 1460. The SMILES string of the molecule is CCOC(=O)CCn1c(=NC(=O)c2ccc(Oc3ccccc3)cc2)sc2cc3c(cc21)OCCO3. The largest absolute Gasteiger partial charge is 0.486 e. The highest BCUT2D eigenvalue weighted by atomic mass is 32.1. The molecular formula is C27H24N2O6S. The second kappa shape index (κ2) is 10.7. The zero-order chi connectivity index (χ0) is 24.9. The summed E-state index contributed by atoms with van der Waals surface area (Å²) in [5.41, 5.74) is 1.24. The minimum atomic E-state index is -0.394. The first-order valence-corrected chi connectivity index (χ1v) is 12.4. The number of amides is 1. The maximum Gasteiger partial charge on any atom is 0.307 e. The second-order valence-electron chi connectivity index (χ2n) is 7.91. The van der Waals surface area contributed by atoms with Crippen molar-refractivity contribution in [1.82, 2.24) is 4.57 Å². The Morgan fingerprint density at radius 1 is 0.972 bits per heavy atom. The first-order chi connectivity index (χ1) is 17.6.